The molecule has 1 aliphatic heterocycles. The van der Waals surface area contributed by atoms with Gasteiger partial charge in [-0.25, -0.2) is 0 Å². The lowest BCUT2D eigenvalue weighted by molar-refractivity contribution is 0.181. The van der Waals surface area contributed by atoms with Crippen LogP contribution in [0, 0.1) is 0 Å². The number of nitrogens with zero attached hydrogens (tertiary/aromatic N) is 1. The number of aliphatic hydroxyl groups excluding tert-OH is 1. The van der Waals surface area contributed by atoms with Crippen LogP contribution in [0.1, 0.15) is 12.0 Å². The lowest BCUT2D eigenvalue weighted by Gasteiger charge is -2.13. The minimum absolute atomic E-state index is 0. The Balaban J connectivity index is 0.00000128. The molecule has 0 radical (unpaired) electrons. The molecule has 1 atom stereocenters. The summed E-state index contributed by atoms with van der Waals surface area (Å²) in [6, 6.07) is 10.5. The maximum absolute atomic E-state index is 9.37. The Morgan fingerprint density at radius 1 is 1.31 bits per heavy atom. The number of hydrogen-bond donors (Lipinski definition) is 1. The molecule has 1 fully saturated rings. The third kappa shape index (κ3) is 4.34. The second-order valence-electron chi connectivity index (χ2n) is 3.98. The second kappa shape index (κ2) is 7.17. The van der Waals surface area contributed by atoms with E-state index in [-0.39, 0.29) is 18.5 Å². The Labute approximate surface area is 107 Å². The topological polar surface area (TPSA) is 23.5 Å². The van der Waals surface area contributed by atoms with Crippen molar-refractivity contribution in [2.24, 2.45) is 0 Å². The lowest BCUT2D eigenvalue weighted by atomic mass is 10.2. The molecule has 0 spiro atoms. The molecule has 1 saturated heterocycles. The second-order valence-corrected chi connectivity index (χ2v) is 4.94. The van der Waals surface area contributed by atoms with E-state index in [1.807, 2.05) is 17.8 Å². The molecule has 0 bridgehead atoms. The van der Waals surface area contributed by atoms with E-state index in [2.05, 4.69) is 29.2 Å². The van der Waals surface area contributed by atoms with Gasteiger partial charge in [0.2, 0.25) is 0 Å². The molecule has 1 aromatic carbocycles. The van der Waals surface area contributed by atoms with E-state index in [1.165, 1.54) is 5.56 Å². The van der Waals surface area contributed by atoms with Gasteiger partial charge < -0.3 is 5.11 Å². The molecule has 2 rings (SSSR count). The lowest BCUT2D eigenvalue weighted by Crippen LogP contribution is -2.21. The fraction of sp³-hybridized carbons (Fsp3) is 0.500. The van der Waals surface area contributed by atoms with E-state index in [0.29, 0.717) is 0 Å². The van der Waals surface area contributed by atoms with Gasteiger partial charge in [0.25, 0.3) is 0 Å². The van der Waals surface area contributed by atoms with Crippen molar-refractivity contribution in [1.29, 1.82) is 0 Å². The van der Waals surface area contributed by atoms with Gasteiger partial charge in [-0.2, -0.15) is 0 Å². The minimum atomic E-state index is -0.0951. The Morgan fingerprint density at radius 2 is 2.06 bits per heavy atom. The molecule has 4 heteroatoms. The Hall–Kier alpha value is -0.220. The number of likely N-dealkylation sites (tertiary alicyclic amines) is 1. The quantitative estimate of drug-likeness (QED) is 0.898. The van der Waals surface area contributed by atoms with Crippen LogP contribution in [0.3, 0.4) is 0 Å². The van der Waals surface area contributed by atoms with E-state index >= 15 is 0 Å². The fourth-order valence-electron chi connectivity index (χ4n) is 1.80. The van der Waals surface area contributed by atoms with Crippen LogP contribution in [0.2, 0.25) is 0 Å². The van der Waals surface area contributed by atoms with Crippen molar-refractivity contribution in [2.45, 2.75) is 18.3 Å². The zero-order valence-electron chi connectivity index (χ0n) is 9.21. The maximum atomic E-state index is 9.37. The predicted octanol–water partition coefficient (Wildman–Crippen LogP) is 2.37. The summed E-state index contributed by atoms with van der Waals surface area (Å²) < 4.78 is 0. The molecule has 2 nitrogen and oxygen atoms in total. The van der Waals surface area contributed by atoms with Gasteiger partial charge >= 0.3 is 0 Å². The molecule has 0 amide bonds. The SMILES string of the molecule is Cl.O[C@@H]1CCN(CSCc2ccccc2)C1. The van der Waals surface area contributed by atoms with Crippen molar-refractivity contribution in [3.05, 3.63) is 35.9 Å². The van der Waals surface area contributed by atoms with Crippen molar-refractivity contribution in [3.63, 3.8) is 0 Å². The molecule has 1 N–H and O–H groups in total. The number of rotatable bonds is 4. The van der Waals surface area contributed by atoms with Crippen LogP contribution in [-0.4, -0.2) is 35.1 Å². The van der Waals surface area contributed by atoms with Gasteiger partial charge in [0.1, 0.15) is 0 Å². The van der Waals surface area contributed by atoms with Crippen LogP contribution in [0.4, 0.5) is 0 Å². The average molecular weight is 260 g/mol. The number of aliphatic hydroxyl groups is 1. The van der Waals surface area contributed by atoms with Crippen molar-refractivity contribution in [1.82, 2.24) is 4.90 Å². The van der Waals surface area contributed by atoms with Crippen LogP contribution >= 0.6 is 24.2 Å². The van der Waals surface area contributed by atoms with Crippen molar-refractivity contribution < 1.29 is 5.11 Å². The fourth-order valence-corrected chi connectivity index (χ4v) is 2.81. The van der Waals surface area contributed by atoms with E-state index in [4.69, 9.17) is 0 Å². The third-order valence-electron chi connectivity index (χ3n) is 2.63. The predicted molar refractivity (Wildman–Crippen MR) is 72.0 cm³/mol. The van der Waals surface area contributed by atoms with Gasteiger partial charge in [0.05, 0.1) is 6.10 Å². The van der Waals surface area contributed by atoms with Crippen molar-refractivity contribution in [3.8, 4) is 0 Å². The zero-order valence-corrected chi connectivity index (χ0v) is 10.8. The summed E-state index contributed by atoms with van der Waals surface area (Å²) in [6.45, 7) is 1.89. The highest BCUT2D eigenvalue weighted by Gasteiger charge is 2.19. The highest BCUT2D eigenvalue weighted by Crippen LogP contribution is 2.16. The van der Waals surface area contributed by atoms with Gasteiger partial charge in [0.15, 0.2) is 0 Å². The summed E-state index contributed by atoms with van der Waals surface area (Å²) in [7, 11) is 0. The van der Waals surface area contributed by atoms with Gasteiger partial charge in [-0.1, -0.05) is 30.3 Å². The summed E-state index contributed by atoms with van der Waals surface area (Å²) in [5, 5.41) is 9.37. The van der Waals surface area contributed by atoms with Crippen LogP contribution < -0.4 is 0 Å². The summed E-state index contributed by atoms with van der Waals surface area (Å²) in [5.74, 6) is 2.10. The molecular formula is C12H18ClNOS. The number of hydrogen-bond acceptors (Lipinski definition) is 3. The first kappa shape index (κ1) is 13.8. The standard InChI is InChI=1S/C12H17NOS.ClH/c14-12-6-7-13(8-12)10-15-9-11-4-2-1-3-5-11;/h1-5,12,14H,6-10H2;1H/t12-;/m1./s1. The zero-order chi connectivity index (χ0) is 10.5. The molecule has 16 heavy (non-hydrogen) atoms. The molecule has 0 saturated carbocycles. The largest absolute Gasteiger partial charge is 0.392 e. The van der Waals surface area contributed by atoms with Gasteiger partial charge in [-0.05, 0) is 12.0 Å². The highest BCUT2D eigenvalue weighted by molar-refractivity contribution is 7.98. The first-order valence-electron chi connectivity index (χ1n) is 5.36. The third-order valence-corrected chi connectivity index (χ3v) is 3.72. The maximum Gasteiger partial charge on any atom is 0.0679 e. The number of benzene rings is 1. The van der Waals surface area contributed by atoms with E-state index < -0.39 is 0 Å². The monoisotopic (exact) mass is 259 g/mol. The molecule has 90 valence electrons. The number of thioether (sulfide) groups is 1. The summed E-state index contributed by atoms with van der Waals surface area (Å²) in [5.41, 5.74) is 1.38. The summed E-state index contributed by atoms with van der Waals surface area (Å²) in [6.07, 6.45) is 0.841. The van der Waals surface area contributed by atoms with Crippen LogP contribution in [0.25, 0.3) is 0 Å². The molecule has 0 aliphatic carbocycles. The number of β-amino-alcohol motifs (C(OH)–C–C–N with tert-alkyl or cyclic N) is 1. The first-order valence-corrected chi connectivity index (χ1v) is 6.52. The molecule has 0 aromatic heterocycles. The van der Waals surface area contributed by atoms with Crippen LogP contribution in [0.5, 0.6) is 0 Å². The van der Waals surface area contributed by atoms with E-state index in [0.717, 1.165) is 31.1 Å². The highest BCUT2D eigenvalue weighted by atomic mass is 35.5. The van der Waals surface area contributed by atoms with Crippen molar-refractivity contribution in [2.75, 3.05) is 19.0 Å². The summed E-state index contributed by atoms with van der Waals surface area (Å²) in [4.78, 5) is 2.32. The minimum Gasteiger partial charge on any atom is -0.392 e. The molecule has 0 unspecified atom stereocenters. The smallest absolute Gasteiger partial charge is 0.0679 e. The van der Waals surface area contributed by atoms with Gasteiger partial charge in [0, 0.05) is 24.7 Å². The van der Waals surface area contributed by atoms with E-state index in [1.54, 1.807) is 0 Å². The van der Waals surface area contributed by atoms with E-state index in [9.17, 15) is 5.11 Å². The molecule has 1 aromatic rings. The van der Waals surface area contributed by atoms with Gasteiger partial charge in [-0.15, -0.1) is 24.2 Å². The molecule has 1 heterocycles. The Bertz CT molecular complexity index is 296. The van der Waals surface area contributed by atoms with Crippen LogP contribution in [0.15, 0.2) is 30.3 Å². The Kier molecular flexibility index (Phi) is 6.21. The van der Waals surface area contributed by atoms with Gasteiger partial charge in [-0.3, -0.25) is 4.90 Å². The normalized spacial score (nSPS) is 20.7. The van der Waals surface area contributed by atoms with Crippen molar-refractivity contribution >= 4 is 24.2 Å². The first-order chi connectivity index (χ1) is 7.34. The number of halogens is 1. The average Bonchev–Trinajstić information content (AvgIpc) is 2.66. The molecule has 1 aliphatic rings. The summed E-state index contributed by atoms with van der Waals surface area (Å²) >= 11 is 1.92. The Morgan fingerprint density at radius 3 is 2.69 bits per heavy atom. The molecular weight excluding hydrogens is 242 g/mol. The van der Waals surface area contributed by atoms with Crippen LogP contribution in [-0.2, 0) is 5.75 Å².